The molecule has 3 aromatic rings. The van der Waals surface area contributed by atoms with Gasteiger partial charge in [0, 0.05) is 37.7 Å². The van der Waals surface area contributed by atoms with Gasteiger partial charge in [0.1, 0.15) is 17.7 Å². The summed E-state index contributed by atoms with van der Waals surface area (Å²) in [6.45, 7) is 9.07. The van der Waals surface area contributed by atoms with E-state index in [2.05, 4.69) is 22.4 Å². The predicted molar refractivity (Wildman–Crippen MR) is 171 cm³/mol. The Labute approximate surface area is 268 Å². The molecule has 10 nitrogen and oxygen atoms in total. The number of ether oxygens (including phenoxy) is 3. The van der Waals surface area contributed by atoms with Crippen LogP contribution in [-0.2, 0) is 23.8 Å². The van der Waals surface area contributed by atoms with Gasteiger partial charge in [0.05, 0.1) is 7.11 Å². The summed E-state index contributed by atoms with van der Waals surface area (Å²) >= 11 is 1.18. The molecule has 2 aromatic carbocycles. The Morgan fingerprint density at radius 2 is 1.56 bits per heavy atom. The van der Waals surface area contributed by atoms with Gasteiger partial charge in [-0.2, -0.15) is 0 Å². The molecule has 1 aliphatic carbocycles. The molecule has 4 rings (SSSR count). The molecule has 45 heavy (non-hydrogen) atoms. The van der Waals surface area contributed by atoms with E-state index in [0.717, 1.165) is 22.3 Å². The Balaban J connectivity index is 1.46. The Hall–Kier alpha value is -4.25. The monoisotopic (exact) mass is 635 g/mol. The number of thiazole rings is 1. The highest BCUT2D eigenvalue weighted by Crippen LogP contribution is 2.44. The fraction of sp³-hybridized carbons (Fsp3) is 0.441. The van der Waals surface area contributed by atoms with E-state index in [0.29, 0.717) is 5.01 Å². The van der Waals surface area contributed by atoms with Crippen molar-refractivity contribution in [2.75, 3.05) is 20.8 Å². The molecule has 240 valence electrons. The average molecular weight is 636 g/mol. The molecule has 0 fully saturated rings. The van der Waals surface area contributed by atoms with Crippen LogP contribution < -0.4 is 5.32 Å². The number of fused-ring (bicyclic) bond motifs is 3. The van der Waals surface area contributed by atoms with Gasteiger partial charge < -0.3 is 24.4 Å². The highest BCUT2D eigenvalue weighted by molar-refractivity contribution is 7.09. The summed E-state index contributed by atoms with van der Waals surface area (Å²) in [6.07, 6.45) is -1.22. The van der Waals surface area contributed by atoms with Crippen molar-refractivity contribution in [2.24, 2.45) is 11.8 Å². The Kier molecular flexibility index (Phi) is 11.0. The van der Waals surface area contributed by atoms with Crippen LogP contribution in [0.15, 0.2) is 53.9 Å². The van der Waals surface area contributed by atoms with Crippen LogP contribution >= 0.6 is 11.3 Å². The number of aromatic nitrogens is 1. The summed E-state index contributed by atoms with van der Waals surface area (Å²) < 4.78 is 16.1. The van der Waals surface area contributed by atoms with Crippen LogP contribution in [0, 0.1) is 11.8 Å². The summed E-state index contributed by atoms with van der Waals surface area (Å²) in [6, 6.07) is 14.9. The minimum Gasteiger partial charge on any atom is -0.464 e. The fourth-order valence-corrected chi connectivity index (χ4v) is 6.62. The van der Waals surface area contributed by atoms with Gasteiger partial charge in [-0.1, -0.05) is 76.2 Å². The molecule has 2 amide bonds. The molecule has 1 N–H and O–H groups in total. The normalized spacial score (nSPS) is 14.2. The van der Waals surface area contributed by atoms with E-state index >= 15 is 0 Å². The van der Waals surface area contributed by atoms with E-state index in [1.807, 2.05) is 64.1 Å². The Morgan fingerprint density at radius 1 is 0.956 bits per heavy atom. The van der Waals surface area contributed by atoms with Crippen molar-refractivity contribution in [1.29, 1.82) is 0 Å². The number of carbonyl (C=O) groups excluding carboxylic acids is 4. The van der Waals surface area contributed by atoms with Gasteiger partial charge in [0.2, 0.25) is 5.91 Å². The summed E-state index contributed by atoms with van der Waals surface area (Å²) in [5, 5.41) is 4.77. The summed E-state index contributed by atoms with van der Waals surface area (Å²) in [5.74, 6) is -1.78. The highest BCUT2D eigenvalue weighted by atomic mass is 32.1. The average Bonchev–Trinajstić information content (AvgIpc) is 3.63. The minimum absolute atomic E-state index is 0.0423. The second kappa shape index (κ2) is 14.7. The second-order valence-electron chi connectivity index (χ2n) is 11.8. The van der Waals surface area contributed by atoms with Gasteiger partial charge in [-0.05, 0) is 34.1 Å². The molecule has 3 atom stereocenters. The molecule has 0 bridgehead atoms. The van der Waals surface area contributed by atoms with Crippen LogP contribution in [0.25, 0.3) is 11.1 Å². The lowest BCUT2D eigenvalue weighted by Crippen LogP contribution is -2.54. The van der Waals surface area contributed by atoms with E-state index in [1.165, 1.54) is 25.4 Å². The molecule has 0 unspecified atom stereocenters. The van der Waals surface area contributed by atoms with Crippen LogP contribution in [0.4, 0.5) is 4.79 Å². The minimum atomic E-state index is -0.857. The van der Waals surface area contributed by atoms with Crippen molar-refractivity contribution < 1.29 is 33.4 Å². The summed E-state index contributed by atoms with van der Waals surface area (Å²) in [4.78, 5) is 56.9. The van der Waals surface area contributed by atoms with E-state index < -0.39 is 36.2 Å². The number of carbonyl (C=O) groups is 4. The van der Waals surface area contributed by atoms with Crippen molar-refractivity contribution in [1.82, 2.24) is 15.2 Å². The number of nitrogens with one attached hydrogen (secondary N) is 1. The van der Waals surface area contributed by atoms with Gasteiger partial charge in [0.25, 0.3) is 0 Å². The zero-order valence-electron chi connectivity index (χ0n) is 26.7. The third kappa shape index (κ3) is 7.70. The molecular formula is C34H41N3O7S. The number of hydrogen-bond donors (Lipinski definition) is 1. The smallest absolute Gasteiger partial charge is 0.407 e. The number of hydrogen-bond acceptors (Lipinski definition) is 9. The van der Waals surface area contributed by atoms with Crippen molar-refractivity contribution in [2.45, 2.75) is 65.1 Å². The maximum absolute atomic E-state index is 13.9. The van der Waals surface area contributed by atoms with Crippen LogP contribution in [0.3, 0.4) is 0 Å². The van der Waals surface area contributed by atoms with Crippen LogP contribution in [-0.4, -0.2) is 66.7 Å². The quantitative estimate of drug-likeness (QED) is 0.191. The number of alkyl carbamates (subject to hydrolysis) is 1. The van der Waals surface area contributed by atoms with Crippen LogP contribution in [0.2, 0.25) is 0 Å². The standard InChI is InChI=1S/C34H41N3O7S/c1-19(2)28(16-29(44-21(5)38)31-35-27(18-45-31)33(40)42-7)37(6)32(39)30(20(3)4)36-34(41)43-17-26-24-14-10-8-12-22(24)23-13-9-11-15-25(23)26/h8-15,18-20,26,28-30H,16-17H2,1-7H3,(H,36,41)/t28-,29-,30+/m1/s1. The fourth-order valence-electron chi connectivity index (χ4n) is 5.79. The Morgan fingerprint density at radius 3 is 2.09 bits per heavy atom. The van der Waals surface area contributed by atoms with Crippen molar-refractivity contribution in [3.63, 3.8) is 0 Å². The molecule has 0 aliphatic heterocycles. The number of amides is 2. The first-order valence-electron chi connectivity index (χ1n) is 15.0. The molecule has 0 spiro atoms. The van der Waals surface area contributed by atoms with Gasteiger partial charge in [-0.3, -0.25) is 9.59 Å². The van der Waals surface area contributed by atoms with Crippen LogP contribution in [0.5, 0.6) is 0 Å². The summed E-state index contributed by atoms with van der Waals surface area (Å²) in [7, 11) is 2.94. The molecule has 1 aromatic heterocycles. The second-order valence-corrected chi connectivity index (χ2v) is 12.7. The van der Waals surface area contributed by atoms with Gasteiger partial charge in [0.15, 0.2) is 11.8 Å². The molecule has 0 saturated heterocycles. The lowest BCUT2D eigenvalue weighted by molar-refractivity contribution is -0.148. The number of likely N-dealkylation sites (N-methyl/N-ethyl adjacent to an activating group) is 1. The van der Waals surface area contributed by atoms with Gasteiger partial charge in [-0.15, -0.1) is 11.3 Å². The number of rotatable bonds is 12. The third-order valence-corrected chi connectivity index (χ3v) is 9.06. The largest absolute Gasteiger partial charge is 0.464 e. The third-order valence-electron chi connectivity index (χ3n) is 8.12. The summed E-state index contributed by atoms with van der Waals surface area (Å²) in [5.41, 5.74) is 4.58. The molecule has 0 saturated carbocycles. The maximum Gasteiger partial charge on any atom is 0.407 e. The van der Waals surface area contributed by atoms with E-state index in [9.17, 15) is 19.2 Å². The zero-order valence-corrected chi connectivity index (χ0v) is 27.6. The zero-order chi connectivity index (χ0) is 32.8. The van der Waals surface area contributed by atoms with Crippen molar-refractivity contribution >= 4 is 35.3 Å². The topological polar surface area (TPSA) is 124 Å². The number of nitrogens with zero attached hydrogens (tertiary/aromatic N) is 2. The molecular weight excluding hydrogens is 594 g/mol. The molecule has 0 radical (unpaired) electrons. The first-order valence-corrected chi connectivity index (χ1v) is 15.9. The van der Waals surface area contributed by atoms with Gasteiger partial charge in [-0.25, -0.2) is 14.6 Å². The van der Waals surface area contributed by atoms with Crippen molar-refractivity contribution in [3.8, 4) is 11.1 Å². The molecule has 1 heterocycles. The van der Waals surface area contributed by atoms with E-state index in [1.54, 1.807) is 17.3 Å². The molecule has 11 heteroatoms. The van der Waals surface area contributed by atoms with E-state index in [4.69, 9.17) is 14.2 Å². The van der Waals surface area contributed by atoms with Crippen molar-refractivity contribution in [3.05, 3.63) is 75.7 Å². The number of benzene rings is 2. The number of methoxy groups -OCH3 is 1. The SMILES string of the molecule is COC(=O)c1csc([C@@H](C[C@H](C(C)C)N(C)C(=O)[C@@H](NC(=O)OCC2c3ccccc3-c3ccccc32)C(C)C)OC(C)=O)n1. The first kappa shape index (κ1) is 33.6. The molecule has 1 aliphatic rings. The highest BCUT2D eigenvalue weighted by Gasteiger charge is 2.36. The Bertz CT molecular complexity index is 1490. The maximum atomic E-state index is 13.9. The first-order chi connectivity index (χ1) is 21.4. The predicted octanol–water partition coefficient (Wildman–Crippen LogP) is 5.97. The lowest BCUT2D eigenvalue weighted by atomic mass is 9.94. The van der Waals surface area contributed by atoms with Crippen LogP contribution in [0.1, 0.15) is 79.7 Å². The van der Waals surface area contributed by atoms with Gasteiger partial charge >= 0.3 is 18.0 Å². The number of esters is 2. The lowest BCUT2D eigenvalue weighted by Gasteiger charge is -2.36. The van der Waals surface area contributed by atoms with E-state index in [-0.39, 0.29) is 42.4 Å².